The Bertz CT molecular complexity index is 410. The Hall–Kier alpha value is -1.75. The Morgan fingerprint density at radius 2 is 2.25 bits per heavy atom. The van der Waals surface area contributed by atoms with Gasteiger partial charge in [-0.15, -0.1) is 0 Å². The number of urea groups is 1. The van der Waals surface area contributed by atoms with E-state index in [9.17, 15) is 4.79 Å². The standard InChI is InChI=1S/C15H24N2O3/c1-3-20-14-8-4-7-13(10-14)11-16-15(19)17-12(2)6-5-9-18/h4,7-8,10,12,18H,3,5-6,9,11H2,1-2H3,(H2,16,17,19). The van der Waals surface area contributed by atoms with Crippen molar-refractivity contribution in [1.82, 2.24) is 10.6 Å². The van der Waals surface area contributed by atoms with Gasteiger partial charge in [-0.2, -0.15) is 0 Å². The van der Waals surface area contributed by atoms with Gasteiger partial charge < -0.3 is 20.5 Å². The molecular formula is C15H24N2O3. The Labute approximate surface area is 120 Å². The van der Waals surface area contributed by atoms with Crippen LogP contribution in [-0.2, 0) is 6.54 Å². The maximum Gasteiger partial charge on any atom is 0.315 e. The number of carbonyl (C=O) groups is 1. The van der Waals surface area contributed by atoms with Crippen molar-refractivity contribution in [3.05, 3.63) is 29.8 Å². The number of hydrogen-bond acceptors (Lipinski definition) is 3. The highest BCUT2D eigenvalue weighted by molar-refractivity contribution is 5.74. The van der Waals surface area contributed by atoms with Crippen LogP contribution in [0.15, 0.2) is 24.3 Å². The van der Waals surface area contributed by atoms with E-state index >= 15 is 0 Å². The van der Waals surface area contributed by atoms with E-state index in [0.717, 1.165) is 17.7 Å². The van der Waals surface area contributed by atoms with Gasteiger partial charge in [0.1, 0.15) is 5.75 Å². The van der Waals surface area contributed by atoms with E-state index in [1.807, 2.05) is 38.1 Å². The number of rotatable bonds is 8. The average Bonchev–Trinajstić information content (AvgIpc) is 2.44. The fraction of sp³-hybridized carbons (Fsp3) is 0.533. The van der Waals surface area contributed by atoms with E-state index in [0.29, 0.717) is 19.6 Å². The smallest absolute Gasteiger partial charge is 0.315 e. The predicted octanol–water partition coefficient (Wildman–Crippen LogP) is 2.05. The molecule has 5 nitrogen and oxygen atoms in total. The van der Waals surface area contributed by atoms with Crippen molar-refractivity contribution < 1.29 is 14.6 Å². The molecule has 0 fully saturated rings. The second kappa shape index (κ2) is 9.20. The number of aliphatic hydroxyl groups excluding tert-OH is 1. The molecule has 1 unspecified atom stereocenters. The molecule has 112 valence electrons. The van der Waals surface area contributed by atoms with Crippen LogP contribution in [0.5, 0.6) is 5.75 Å². The van der Waals surface area contributed by atoms with Crippen molar-refractivity contribution in [2.75, 3.05) is 13.2 Å². The van der Waals surface area contributed by atoms with Gasteiger partial charge in [-0.1, -0.05) is 12.1 Å². The molecule has 0 aromatic heterocycles. The van der Waals surface area contributed by atoms with Crippen LogP contribution < -0.4 is 15.4 Å². The number of ether oxygens (including phenoxy) is 1. The first-order valence-electron chi connectivity index (χ1n) is 7.02. The number of benzene rings is 1. The van der Waals surface area contributed by atoms with E-state index in [1.54, 1.807) is 0 Å². The molecule has 0 saturated heterocycles. The van der Waals surface area contributed by atoms with Gasteiger partial charge in [-0.3, -0.25) is 0 Å². The SMILES string of the molecule is CCOc1cccc(CNC(=O)NC(C)CCCO)c1. The van der Waals surface area contributed by atoms with Crippen molar-refractivity contribution in [1.29, 1.82) is 0 Å². The van der Waals surface area contributed by atoms with Gasteiger partial charge in [0.25, 0.3) is 0 Å². The molecule has 1 atom stereocenters. The summed E-state index contributed by atoms with van der Waals surface area (Å²) in [5.41, 5.74) is 0.995. The lowest BCUT2D eigenvalue weighted by molar-refractivity contribution is 0.234. The maximum absolute atomic E-state index is 11.7. The van der Waals surface area contributed by atoms with Crippen molar-refractivity contribution in [3.63, 3.8) is 0 Å². The molecule has 1 aromatic carbocycles. The maximum atomic E-state index is 11.7. The van der Waals surface area contributed by atoms with Crippen molar-refractivity contribution in [2.45, 2.75) is 39.3 Å². The van der Waals surface area contributed by atoms with E-state index in [1.165, 1.54) is 0 Å². The van der Waals surface area contributed by atoms with E-state index in [4.69, 9.17) is 9.84 Å². The molecule has 2 amide bonds. The highest BCUT2D eigenvalue weighted by Crippen LogP contribution is 2.12. The first kappa shape index (κ1) is 16.3. The Balaban J connectivity index is 2.35. The molecule has 0 bridgehead atoms. The molecule has 0 radical (unpaired) electrons. The Kier molecular flexibility index (Phi) is 7.50. The lowest BCUT2D eigenvalue weighted by Crippen LogP contribution is -2.40. The molecule has 0 spiro atoms. The first-order chi connectivity index (χ1) is 9.65. The third-order valence-electron chi connectivity index (χ3n) is 2.84. The molecule has 0 saturated carbocycles. The molecule has 0 aliphatic rings. The number of carbonyl (C=O) groups excluding carboxylic acids is 1. The lowest BCUT2D eigenvalue weighted by Gasteiger charge is -2.14. The summed E-state index contributed by atoms with van der Waals surface area (Å²) in [6.07, 6.45) is 1.46. The third-order valence-corrected chi connectivity index (χ3v) is 2.84. The molecule has 0 aliphatic carbocycles. The molecule has 3 N–H and O–H groups in total. The summed E-state index contributed by atoms with van der Waals surface area (Å²) >= 11 is 0. The highest BCUT2D eigenvalue weighted by Gasteiger charge is 2.06. The van der Waals surface area contributed by atoms with Crippen LogP contribution >= 0.6 is 0 Å². The predicted molar refractivity (Wildman–Crippen MR) is 78.8 cm³/mol. The van der Waals surface area contributed by atoms with Crippen LogP contribution in [0.1, 0.15) is 32.3 Å². The van der Waals surface area contributed by atoms with Crippen LogP contribution in [0.25, 0.3) is 0 Å². The third kappa shape index (κ3) is 6.43. The number of nitrogens with one attached hydrogen (secondary N) is 2. The van der Waals surface area contributed by atoms with Gasteiger partial charge in [-0.05, 0) is 44.4 Å². The summed E-state index contributed by atoms with van der Waals surface area (Å²) in [4.78, 5) is 11.7. The van der Waals surface area contributed by atoms with E-state index < -0.39 is 0 Å². The van der Waals surface area contributed by atoms with Crippen molar-refractivity contribution in [2.24, 2.45) is 0 Å². The summed E-state index contributed by atoms with van der Waals surface area (Å²) < 4.78 is 5.41. The van der Waals surface area contributed by atoms with Crippen LogP contribution in [0.2, 0.25) is 0 Å². The minimum Gasteiger partial charge on any atom is -0.494 e. The van der Waals surface area contributed by atoms with Crippen molar-refractivity contribution >= 4 is 6.03 Å². The molecule has 0 aliphatic heterocycles. The average molecular weight is 280 g/mol. The molecule has 5 heteroatoms. The van der Waals surface area contributed by atoms with Gasteiger partial charge in [0.2, 0.25) is 0 Å². The first-order valence-corrected chi connectivity index (χ1v) is 7.02. The minimum absolute atomic E-state index is 0.0527. The monoisotopic (exact) mass is 280 g/mol. The van der Waals surface area contributed by atoms with Gasteiger partial charge in [-0.25, -0.2) is 4.79 Å². The Morgan fingerprint density at radius 1 is 1.45 bits per heavy atom. The molecule has 0 heterocycles. The summed E-state index contributed by atoms with van der Waals surface area (Å²) in [6, 6.07) is 7.51. The lowest BCUT2D eigenvalue weighted by atomic mass is 10.2. The van der Waals surface area contributed by atoms with Gasteiger partial charge in [0.15, 0.2) is 0 Å². The highest BCUT2D eigenvalue weighted by atomic mass is 16.5. The number of hydrogen-bond donors (Lipinski definition) is 3. The zero-order valence-electron chi connectivity index (χ0n) is 12.2. The molecule has 1 rings (SSSR count). The van der Waals surface area contributed by atoms with Crippen molar-refractivity contribution in [3.8, 4) is 5.75 Å². The van der Waals surface area contributed by atoms with Crippen LogP contribution in [0.4, 0.5) is 4.79 Å². The zero-order chi connectivity index (χ0) is 14.8. The Morgan fingerprint density at radius 3 is 2.95 bits per heavy atom. The van der Waals surface area contributed by atoms with Gasteiger partial charge in [0, 0.05) is 19.2 Å². The quantitative estimate of drug-likeness (QED) is 0.682. The second-order valence-corrected chi connectivity index (χ2v) is 4.67. The fourth-order valence-corrected chi connectivity index (χ4v) is 1.84. The number of amides is 2. The van der Waals surface area contributed by atoms with Gasteiger partial charge >= 0.3 is 6.03 Å². The summed E-state index contributed by atoms with van der Waals surface area (Å²) in [5.74, 6) is 0.809. The van der Waals surface area contributed by atoms with Crippen LogP contribution in [0, 0.1) is 0 Å². The van der Waals surface area contributed by atoms with Crippen LogP contribution in [-0.4, -0.2) is 30.4 Å². The molecule has 1 aromatic rings. The molecule has 20 heavy (non-hydrogen) atoms. The summed E-state index contributed by atoms with van der Waals surface area (Å²) in [7, 11) is 0. The van der Waals surface area contributed by atoms with Gasteiger partial charge in [0.05, 0.1) is 6.61 Å². The minimum atomic E-state index is -0.197. The fourth-order valence-electron chi connectivity index (χ4n) is 1.84. The second-order valence-electron chi connectivity index (χ2n) is 4.67. The number of aliphatic hydroxyl groups is 1. The topological polar surface area (TPSA) is 70.6 Å². The summed E-state index contributed by atoms with van der Waals surface area (Å²) in [5, 5.41) is 14.4. The molecular weight excluding hydrogens is 256 g/mol. The largest absolute Gasteiger partial charge is 0.494 e. The summed E-state index contributed by atoms with van der Waals surface area (Å²) in [6.45, 7) is 5.09. The normalized spacial score (nSPS) is 11.8. The van der Waals surface area contributed by atoms with E-state index in [2.05, 4.69) is 10.6 Å². The van der Waals surface area contributed by atoms with Crippen LogP contribution in [0.3, 0.4) is 0 Å². The zero-order valence-corrected chi connectivity index (χ0v) is 12.2. The van der Waals surface area contributed by atoms with E-state index in [-0.39, 0.29) is 18.7 Å².